The SMILES string of the molecule is CCOc1ccccc1NC(=O)CS(=O)(=O)Cc1ccccc1C. The summed E-state index contributed by atoms with van der Waals surface area (Å²) in [6, 6.07) is 14.2. The van der Waals surface area contributed by atoms with Crippen LogP contribution >= 0.6 is 0 Å². The Morgan fingerprint density at radius 2 is 1.75 bits per heavy atom. The van der Waals surface area contributed by atoms with Crippen molar-refractivity contribution in [2.75, 3.05) is 17.7 Å². The number of hydrogen-bond donors (Lipinski definition) is 1. The minimum atomic E-state index is -3.55. The summed E-state index contributed by atoms with van der Waals surface area (Å²) in [6.45, 7) is 4.15. The monoisotopic (exact) mass is 347 g/mol. The highest BCUT2D eigenvalue weighted by atomic mass is 32.2. The number of carbonyl (C=O) groups excluding carboxylic acids is 1. The van der Waals surface area contributed by atoms with E-state index in [1.165, 1.54) is 0 Å². The molecule has 0 aromatic heterocycles. The van der Waals surface area contributed by atoms with Gasteiger partial charge in [0, 0.05) is 0 Å². The lowest BCUT2D eigenvalue weighted by Gasteiger charge is -2.12. The van der Waals surface area contributed by atoms with Crippen molar-refractivity contribution in [3.05, 3.63) is 59.7 Å². The molecule has 0 aliphatic carbocycles. The van der Waals surface area contributed by atoms with Crippen molar-refractivity contribution in [2.24, 2.45) is 0 Å². The highest BCUT2D eigenvalue weighted by Gasteiger charge is 2.19. The Bertz CT molecular complexity index is 815. The van der Waals surface area contributed by atoms with Crippen LogP contribution in [-0.2, 0) is 20.4 Å². The van der Waals surface area contributed by atoms with Gasteiger partial charge < -0.3 is 10.1 Å². The van der Waals surface area contributed by atoms with E-state index < -0.39 is 21.5 Å². The van der Waals surface area contributed by atoms with Gasteiger partial charge in [-0.3, -0.25) is 4.79 Å². The van der Waals surface area contributed by atoms with Gasteiger partial charge in [-0.1, -0.05) is 36.4 Å². The Morgan fingerprint density at radius 1 is 1.08 bits per heavy atom. The number of rotatable bonds is 7. The summed E-state index contributed by atoms with van der Waals surface area (Å²) in [5.41, 5.74) is 2.07. The maximum Gasteiger partial charge on any atom is 0.239 e. The number of sulfone groups is 1. The number of nitrogens with one attached hydrogen (secondary N) is 1. The van der Waals surface area contributed by atoms with Gasteiger partial charge in [-0.25, -0.2) is 8.42 Å². The molecule has 0 spiro atoms. The molecule has 0 aliphatic heterocycles. The van der Waals surface area contributed by atoms with Gasteiger partial charge in [0.25, 0.3) is 0 Å². The van der Waals surface area contributed by atoms with Crippen LogP contribution in [0.15, 0.2) is 48.5 Å². The van der Waals surface area contributed by atoms with Crippen molar-refractivity contribution in [1.82, 2.24) is 0 Å². The molecule has 0 heterocycles. The Balaban J connectivity index is 2.05. The van der Waals surface area contributed by atoms with Gasteiger partial charge in [-0.15, -0.1) is 0 Å². The van der Waals surface area contributed by atoms with E-state index in [1.807, 2.05) is 26.0 Å². The quantitative estimate of drug-likeness (QED) is 0.836. The van der Waals surface area contributed by atoms with Crippen LogP contribution in [0, 0.1) is 6.92 Å². The molecule has 0 radical (unpaired) electrons. The van der Waals surface area contributed by atoms with Crippen molar-refractivity contribution in [1.29, 1.82) is 0 Å². The molecule has 6 heteroatoms. The number of benzene rings is 2. The summed E-state index contributed by atoms with van der Waals surface area (Å²) in [7, 11) is -3.55. The molecular weight excluding hydrogens is 326 g/mol. The molecule has 0 saturated carbocycles. The molecule has 0 saturated heterocycles. The summed E-state index contributed by atoms with van der Waals surface area (Å²) in [5, 5.41) is 2.61. The first-order chi connectivity index (χ1) is 11.4. The molecule has 5 nitrogen and oxygen atoms in total. The first-order valence-corrected chi connectivity index (χ1v) is 9.50. The molecule has 0 unspecified atom stereocenters. The van der Waals surface area contributed by atoms with Crippen LogP contribution in [0.2, 0.25) is 0 Å². The van der Waals surface area contributed by atoms with Crippen molar-refractivity contribution in [3.63, 3.8) is 0 Å². The topological polar surface area (TPSA) is 72.5 Å². The van der Waals surface area contributed by atoms with E-state index in [0.717, 1.165) is 5.56 Å². The molecule has 0 bridgehead atoms. The minimum Gasteiger partial charge on any atom is -0.492 e. The van der Waals surface area contributed by atoms with Gasteiger partial charge in [0.2, 0.25) is 5.91 Å². The van der Waals surface area contributed by atoms with Crippen molar-refractivity contribution in [3.8, 4) is 5.75 Å². The van der Waals surface area contributed by atoms with E-state index in [4.69, 9.17) is 4.74 Å². The molecule has 1 amide bonds. The summed E-state index contributed by atoms with van der Waals surface area (Å²) in [4.78, 5) is 12.1. The van der Waals surface area contributed by atoms with Crippen molar-refractivity contribution < 1.29 is 17.9 Å². The average molecular weight is 347 g/mol. The van der Waals surface area contributed by atoms with Crippen LogP contribution in [0.3, 0.4) is 0 Å². The van der Waals surface area contributed by atoms with E-state index in [-0.39, 0.29) is 5.75 Å². The minimum absolute atomic E-state index is 0.153. The number of ether oxygens (including phenoxy) is 1. The average Bonchev–Trinajstić information content (AvgIpc) is 2.51. The van der Waals surface area contributed by atoms with Crippen LogP contribution in [0.1, 0.15) is 18.1 Å². The van der Waals surface area contributed by atoms with Gasteiger partial charge in [0.15, 0.2) is 9.84 Å². The number of carbonyl (C=O) groups is 1. The van der Waals surface area contributed by atoms with Crippen LogP contribution in [0.25, 0.3) is 0 Å². The molecular formula is C18H21NO4S. The van der Waals surface area contributed by atoms with Gasteiger partial charge in [0.1, 0.15) is 11.5 Å². The Hall–Kier alpha value is -2.34. The second-order valence-electron chi connectivity index (χ2n) is 5.44. The molecule has 0 fully saturated rings. The van der Waals surface area contributed by atoms with Crippen molar-refractivity contribution >= 4 is 21.4 Å². The lowest BCUT2D eigenvalue weighted by Crippen LogP contribution is -2.24. The van der Waals surface area contributed by atoms with E-state index >= 15 is 0 Å². The maximum atomic E-state index is 12.3. The predicted octanol–water partition coefficient (Wildman–Crippen LogP) is 2.95. The summed E-state index contributed by atoms with van der Waals surface area (Å²) in [6.07, 6.45) is 0. The smallest absolute Gasteiger partial charge is 0.239 e. The third-order valence-corrected chi connectivity index (χ3v) is 4.90. The molecule has 2 aromatic rings. The fourth-order valence-corrected chi connectivity index (χ4v) is 3.67. The highest BCUT2D eigenvalue weighted by Crippen LogP contribution is 2.23. The second-order valence-corrected chi connectivity index (χ2v) is 7.50. The molecule has 2 aromatic carbocycles. The number of para-hydroxylation sites is 2. The molecule has 2 rings (SSSR count). The lowest BCUT2D eigenvalue weighted by atomic mass is 10.1. The van der Waals surface area contributed by atoms with Crippen molar-refractivity contribution in [2.45, 2.75) is 19.6 Å². The van der Waals surface area contributed by atoms with E-state index in [2.05, 4.69) is 5.32 Å². The zero-order chi connectivity index (χ0) is 17.6. The molecule has 1 N–H and O–H groups in total. The zero-order valence-electron chi connectivity index (χ0n) is 13.8. The summed E-state index contributed by atoms with van der Waals surface area (Å²) in [5.74, 6) is -0.775. The summed E-state index contributed by atoms with van der Waals surface area (Å²) >= 11 is 0. The molecule has 0 aliphatic rings. The van der Waals surface area contributed by atoms with Crippen LogP contribution in [-0.4, -0.2) is 26.7 Å². The predicted molar refractivity (Wildman–Crippen MR) is 94.9 cm³/mol. The number of anilines is 1. The van der Waals surface area contributed by atoms with E-state index in [9.17, 15) is 13.2 Å². The number of aryl methyl sites for hydroxylation is 1. The number of hydrogen-bond acceptors (Lipinski definition) is 4. The second kappa shape index (κ2) is 7.97. The Morgan fingerprint density at radius 3 is 2.46 bits per heavy atom. The standard InChI is InChI=1S/C18H21NO4S/c1-3-23-17-11-7-6-10-16(17)19-18(20)13-24(21,22)12-15-9-5-4-8-14(15)2/h4-11H,3,12-13H2,1-2H3,(H,19,20). The van der Waals surface area contributed by atoms with Gasteiger partial charge in [0.05, 0.1) is 18.0 Å². The molecule has 24 heavy (non-hydrogen) atoms. The largest absolute Gasteiger partial charge is 0.492 e. The number of amides is 1. The van der Waals surface area contributed by atoms with Crippen LogP contribution < -0.4 is 10.1 Å². The molecule has 128 valence electrons. The maximum absolute atomic E-state index is 12.3. The first-order valence-electron chi connectivity index (χ1n) is 7.68. The fraction of sp³-hybridized carbons (Fsp3) is 0.278. The van der Waals surface area contributed by atoms with Crippen LogP contribution in [0.5, 0.6) is 5.75 Å². The first kappa shape index (κ1) is 18.0. The Kier molecular flexibility index (Phi) is 5.98. The third kappa shape index (κ3) is 5.09. The van der Waals surface area contributed by atoms with E-state index in [0.29, 0.717) is 23.6 Å². The third-order valence-electron chi connectivity index (χ3n) is 3.45. The lowest BCUT2D eigenvalue weighted by molar-refractivity contribution is -0.113. The Labute approximate surface area is 142 Å². The van der Waals surface area contributed by atoms with Crippen LogP contribution in [0.4, 0.5) is 5.69 Å². The van der Waals surface area contributed by atoms with Gasteiger partial charge in [-0.2, -0.15) is 0 Å². The van der Waals surface area contributed by atoms with Gasteiger partial charge in [-0.05, 0) is 37.1 Å². The van der Waals surface area contributed by atoms with E-state index in [1.54, 1.807) is 36.4 Å². The normalized spacial score (nSPS) is 11.1. The highest BCUT2D eigenvalue weighted by molar-refractivity contribution is 7.91. The summed E-state index contributed by atoms with van der Waals surface area (Å²) < 4.78 is 30.0. The van der Waals surface area contributed by atoms with Gasteiger partial charge >= 0.3 is 0 Å². The molecule has 0 atom stereocenters. The fourth-order valence-electron chi connectivity index (χ4n) is 2.30. The zero-order valence-corrected chi connectivity index (χ0v) is 14.6.